The second-order valence-corrected chi connectivity index (χ2v) is 2.57. The molecule has 1 heterocycles. The number of morpholine rings is 1. The van der Waals surface area contributed by atoms with Crippen LogP contribution in [0.1, 0.15) is 0 Å². The zero-order chi connectivity index (χ0) is 7.40. The number of nitrogens with zero attached hydrogens (tertiary/aromatic N) is 1. The van der Waals surface area contributed by atoms with Crippen molar-refractivity contribution in [2.45, 2.75) is 0 Å². The Morgan fingerprint density at radius 3 is 2.60 bits per heavy atom. The molecule has 10 heavy (non-hydrogen) atoms. The summed E-state index contributed by atoms with van der Waals surface area (Å²) in [5.74, 6) is 0. The number of carbonyl (C=O) groups is 1. The molecule has 0 spiro atoms. The SMILES string of the molecule is NSC(=O)N1CCOCC1. The monoisotopic (exact) mass is 162 g/mol. The standard InChI is InChI=1S/C5H10N2O2S/c6-10-5(8)7-1-3-9-4-2-7/h1-4,6H2. The summed E-state index contributed by atoms with van der Waals surface area (Å²) >= 11 is 0.763. The van der Waals surface area contributed by atoms with E-state index in [4.69, 9.17) is 9.88 Å². The van der Waals surface area contributed by atoms with E-state index in [0.717, 1.165) is 11.9 Å². The van der Waals surface area contributed by atoms with Gasteiger partial charge in [-0.2, -0.15) is 0 Å². The van der Waals surface area contributed by atoms with E-state index in [1.807, 2.05) is 0 Å². The average molecular weight is 162 g/mol. The van der Waals surface area contributed by atoms with Gasteiger partial charge in [-0.25, -0.2) is 0 Å². The van der Waals surface area contributed by atoms with Gasteiger partial charge < -0.3 is 9.64 Å². The molecule has 4 nitrogen and oxygen atoms in total. The van der Waals surface area contributed by atoms with E-state index in [9.17, 15) is 4.79 Å². The van der Waals surface area contributed by atoms with Crippen LogP contribution in [-0.4, -0.2) is 36.4 Å². The highest BCUT2D eigenvalue weighted by atomic mass is 32.2. The first kappa shape index (κ1) is 7.84. The van der Waals surface area contributed by atoms with Crippen LogP contribution in [0.3, 0.4) is 0 Å². The summed E-state index contributed by atoms with van der Waals surface area (Å²) < 4.78 is 5.05. The van der Waals surface area contributed by atoms with Gasteiger partial charge in [-0.15, -0.1) is 0 Å². The molecular weight excluding hydrogens is 152 g/mol. The normalized spacial score (nSPS) is 19.1. The molecule has 0 atom stereocenters. The fraction of sp³-hybridized carbons (Fsp3) is 0.800. The van der Waals surface area contributed by atoms with Crippen LogP contribution in [0.5, 0.6) is 0 Å². The maximum Gasteiger partial charge on any atom is 0.296 e. The summed E-state index contributed by atoms with van der Waals surface area (Å²) in [7, 11) is 0. The Morgan fingerprint density at radius 2 is 2.10 bits per heavy atom. The second kappa shape index (κ2) is 3.80. The van der Waals surface area contributed by atoms with E-state index >= 15 is 0 Å². The fourth-order valence-corrected chi connectivity index (χ4v) is 1.15. The Hall–Kier alpha value is -0.260. The largest absolute Gasteiger partial charge is 0.378 e. The molecule has 1 aliphatic rings. The highest BCUT2D eigenvalue weighted by Crippen LogP contribution is 2.03. The van der Waals surface area contributed by atoms with Crippen LogP contribution in [0.2, 0.25) is 0 Å². The lowest BCUT2D eigenvalue weighted by Gasteiger charge is -2.25. The van der Waals surface area contributed by atoms with Crippen molar-refractivity contribution >= 4 is 17.2 Å². The van der Waals surface area contributed by atoms with Gasteiger partial charge in [0.15, 0.2) is 0 Å². The number of carbonyl (C=O) groups excluding carboxylic acids is 1. The quantitative estimate of drug-likeness (QED) is 0.511. The van der Waals surface area contributed by atoms with Crippen LogP contribution in [-0.2, 0) is 4.74 Å². The van der Waals surface area contributed by atoms with Crippen molar-refractivity contribution in [3.8, 4) is 0 Å². The number of nitrogens with two attached hydrogens (primary N) is 1. The summed E-state index contributed by atoms with van der Waals surface area (Å²) in [5.41, 5.74) is 0. The number of amides is 1. The molecule has 1 aliphatic heterocycles. The number of rotatable bonds is 0. The third-order valence-electron chi connectivity index (χ3n) is 1.37. The molecule has 0 aromatic rings. The van der Waals surface area contributed by atoms with Gasteiger partial charge in [0.05, 0.1) is 13.2 Å². The van der Waals surface area contributed by atoms with E-state index in [2.05, 4.69) is 0 Å². The van der Waals surface area contributed by atoms with Crippen LogP contribution in [0.4, 0.5) is 4.79 Å². The highest BCUT2D eigenvalue weighted by Gasteiger charge is 2.15. The third-order valence-corrected chi connectivity index (χ3v) is 1.83. The van der Waals surface area contributed by atoms with Crippen LogP contribution in [0.25, 0.3) is 0 Å². The van der Waals surface area contributed by atoms with Crippen LogP contribution < -0.4 is 5.14 Å². The van der Waals surface area contributed by atoms with Gasteiger partial charge in [0.2, 0.25) is 0 Å². The van der Waals surface area contributed by atoms with Gasteiger partial charge in [0.1, 0.15) is 0 Å². The summed E-state index contributed by atoms with van der Waals surface area (Å²) in [4.78, 5) is 12.6. The van der Waals surface area contributed by atoms with Gasteiger partial charge in [-0.3, -0.25) is 9.93 Å². The number of hydrogen-bond acceptors (Lipinski definition) is 4. The van der Waals surface area contributed by atoms with E-state index in [1.165, 1.54) is 0 Å². The van der Waals surface area contributed by atoms with Crippen molar-refractivity contribution in [2.24, 2.45) is 5.14 Å². The lowest BCUT2D eigenvalue weighted by atomic mass is 10.5. The van der Waals surface area contributed by atoms with Crippen LogP contribution in [0.15, 0.2) is 0 Å². The maximum atomic E-state index is 10.9. The first-order valence-corrected chi connectivity index (χ1v) is 3.96. The Bertz CT molecular complexity index is 125. The lowest BCUT2D eigenvalue weighted by Crippen LogP contribution is -2.39. The van der Waals surface area contributed by atoms with E-state index < -0.39 is 0 Å². The zero-order valence-corrected chi connectivity index (χ0v) is 6.39. The predicted molar refractivity (Wildman–Crippen MR) is 39.6 cm³/mol. The number of ether oxygens (including phenoxy) is 1. The molecule has 58 valence electrons. The summed E-state index contributed by atoms with van der Waals surface area (Å²) in [6, 6.07) is 0. The molecule has 2 N–H and O–H groups in total. The van der Waals surface area contributed by atoms with Crippen molar-refractivity contribution < 1.29 is 9.53 Å². The third kappa shape index (κ3) is 1.86. The Labute approximate surface area is 63.8 Å². The molecule has 1 rings (SSSR count). The summed E-state index contributed by atoms with van der Waals surface area (Å²) in [6.07, 6.45) is 0. The minimum absolute atomic E-state index is 0.0664. The fourth-order valence-electron chi connectivity index (χ4n) is 0.820. The maximum absolute atomic E-state index is 10.9. The van der Waals surface area contributed by atoms with Gasteiger partial charge in [-0.05, 0) is 0 Å². The summed E-state index contributed by atoms with van der Waals surface area (Å²) in [5, 5.41) is 5.02. The molecule has 1 fully saturated rings. The van der Waals surface area contributed by atoms with Gasteiger partial charge >= 0.3 is 0 Å². The Balaban J connectivity index is 2.31. The van der Waals surface area contributed by atoms with Crippen LogP contribution in [0, 0.1) is 0 Å². The van der Waals surface area contributed by atoms with Crippen molar-refractivity contribution in [3.63, 3.8) is 0 Å². The molecule has 0 radical (unpaired) electrons. The van der Waals surface area contributed by atoms with Gasteiger partial charge in [-0.1, -0.05) is 0 Å². The molecule has 1 saturated heterocycles. The smallest absolute Gasteiger partial charge is 0.296 e. The molecule has 0 aromatic heterocycles. The van der Waals surface area contributed by atoms with Gasteiger partial charge in [0.25, 0.3) is 5.24 Å². The van der Waals surface area contributed by atoms with E-state index in [-0.39, 0.29) is 5.24 Å². The molecule has 0 unspecified atom stereocenters. The number of hydrogen-bond donors (Lipinski definition) is 1. The minimum atomic E-state index is -0.0664. The van der Waals surface area contributed by atoms with E-state index in [1.54, 1.807) is 4.90 Å². The average Bonchev–Trinajstić information content (AvgIpc) is 2.05. The van der Waals surface area contributed by atoms with Crippen molar-refractivity contribution in [3.05, 3.63) is 0 Å². The van der Waals surface area contributed by atoms with Gasteiger partial charge in [0, 0.05) is 25.0 Å². The van der Waals surface area contributed by atoms with Crippen molar-refractivity contribution in [1.82, 2.24) is 4.90 Å². The Morgan fingerprint density at radius 1 is 1.50 bits per heavy atom. The molecular formula is C5H10N2O2S. The molecule has 0 aliphatic carbocycles. The van der Waals surface area contributed by atoms with Crippen LogP contribution >= 0.6 is 11.9 Å². The topological polar surface area (TPSA) is 55.6 Å². The highest BCUT2D eigenvalue weighted by molar-refractivity contribution is 8.11. The van der Waals surface area contributed by atoms with Crippen molar-refractivity contribution in [2.75, 3.05) is 26.3 Å². The minimum Gasteiger partial charge on any atom is -0.378 e. The first-order chi connectivity index (χ1) is 4.84. The summed E-state index contributed by atoms with van der Waals surface area (Å²) in [6.45, 7) is 2.60. The zero-order valence-electron chi connectivity index (χ0n) is 5.58. The van der Waals surface area contributed by atoms with Crippen molar-refractivity contribution in [1.29, 1.82) is 0 Å². The molecule has 0 saturated carbocycles. The first-order valence-electron chi connectivity index (χ1n) is 3.08. The lowest BCUT2D eigenvalue weighted by molar-refractivity contribution is 0.0593. The molecule has 0 aromatic carbocycles. The Kier molecular flexibility index (Phi) is 2.98. The van der Waals surface area contributed by atoms with E-state index in [0.29, 0.717) is 26.3 Å². The molecule has 5 heteroatoms. The predicted octanol–water partition coefficient (Wildman–Crippen LogP) is 0.0455. The molecule has 1 amide bonds. The second-order valence-electron chi connectivity index (χ2n) is 1.98. The molecule has 0 bridgehead atoms.